The quantitative estimate of drug-likeness (QED) is 0.634. The number of hydrogen-bond acceptors (Lipinski definition) is 4. The maximum atomic E-state index is 10.9. The molecule has 0 aromatic heterocycles. The van der Waals surface area contributed by atoms with E-state index in [0.717, 1.165) is 5.56 Å². The van der Waals surface area contributed by atoms with Gasteiger partial charge in [0.25, 0.3) is 5.69 Å². The zero-order chi connectivity index (χ0) is 14.8. The largest absolute Gasteiger partial charge is 0.389 e. The van der Waals surface area contributed by atoms with Crippen LogP contribution in [0.3, 0.4) is 0 Å². The predicted octanol–water partition coefficient (Wildman–Crippen LogP) is 2.54. The number of nitro benzene ring substituents is 1. The van der Waals surface area contributed by atoms with Gasteiger partial charge in [-0.25, -0.2) is 0 Å². The first-order valence-corrected chi connectivity index (χ1v) is 6.26. The molecule has 106 valence electrons. The maximum absolute atomic E-state index is 10.9. The van der Waals surface area contributed by atoms with Gasteiger partial charge in [-0.05, 0) is 40.2 Å². The standard InChI is InChI=1S/C14H22N2O3/c1-10-11(7-6-8-12(10)16(18)19)9-15-13(2,3)14(4,5)17/h6-8,15,17H,9H2,1-5H3. The molecular weight excluding hydrogens is 244 g/mol. The first-order valence-electron chi connectivity index (χ1n) is 6.26. The Morgan fingerprint density at radius 3 is 2.37 bits per heavy atom. The molecule has 1 aromatic carbocycles. The SMILES string of the molecule is Cc1c(CNC(C)(C)C(C)(C)O)cccc1[N+](=O)[O-]. The highest BCUT2D eigenvalue weighted by molar-refractivity contribution is 5.44. The van der Waals surface area contributed by atoms with Crippen LogP contribution in [0.25, 0.3) is 0 Å². The van der Waals surface area contributed by atoms with Crippen LogP contribution < -0.4 is 5.32 Å². The summed E-state index contributed by atoms with van der Waals surface area (Å²) in [7, 11) is 0. The Morgan fingerprint density at radius 1 is 1.32 bits per heavy atom. The molecule has 0 saturated carbocycles. The zero-order valence-electron chi connectivity index (χ0n) is 12.2. The highest BCUT2D eigenvalue weighted by Crippen LogP contribution is 2.24. The second-order valence-corrected chi connectivity index (χ2v) is 5.86. The first-order chi connectivity index (χ1) is 8.56. The Kier molecular flexibility index (Phi) is 4.32. The van der Waals surface area contributed by atoms with Crippen LogP contribution in [0.15, 0.2) is 18.2 Å². The van der Waals surface area contributed by atoms with E-state index in [4.69, 9.17) is 0 Å². The van der Waals surface area contributed by atoms with Gasteiger partial charge in [0.05, 0.1) is 10.5 Å². The molecule has 1 rings (SSSR count). The Morgan fingerprint density at radius 2 is 1.89 bits per heavy atom. The van der Waals surface area contributed by atoms with E-state index in [2.05, 4.69) is 5.32 Å². The summed E-state index contributed by atoms with van der Waals surface area (Å²) in [4.78, 5) is 10.5. The minimum absolute atomic E-state index is 0.125. The molecule has 5 nitrogen and oxygen atoms in total. The summed E-state index contributed by atoms with van der Waals surface area (Å²) in [5, 5.41) is 24.2. The molecule has 5 heteroatoms. The van der Waals surface area contributed by atoms with Crippen LogP contribution in [0, 0.1) is 17.0 Å². The molecule has 19 heavy (non-hydrogen) atoms. The van der Waals surface area contributed by atoms with E-state index < -0.39 is 11.1 Å². The number of benzene rings is 1. The second-order valence-electron chi connectivity index (χ2n) is 5.86. The van der Waals surface area contributed by atoms with Gasteiger partial charge < -0.3 is 10.4 Å². The number of nitro groups is 1. The summed E-state index contributed by atoms with van der Waals surface area (Å²) < 4.78 is 0. The van der Waals surface area contributed by atoms with E-state index in [1.165, 1.54) is 6.07 Å². The smallest absolute Gasteiger partial charge is 0.272 e. The fraction of sp³-hybridized carbons (Fsp3) is 0.571. The third kappa shape index (κ3) is 3.52. The summed E-state index contributed by atoms with van der Waals surface area (Å²) in [6.07, 6.45) is 0. The van der Waals surface area contributed by atoms with Crippen molar-refractivity contribution in [1.82, 2.24) is 5.32 Å². The molecule has 2 N–H and O–H groups in total. The van der Waals surface area contributed by atoms with Crippen LogP contribution in [0.5, 0.6) is 0 Å². The Hall–Kier alpha value is -1.46. The van der Waals surface area contributed by atoms with E-state index in [1.807, 2.05) is 19.9 Å². The molecule has 0 fully saturated rings. The van der Waals surface area contributed by atoms with E-state index >= 15 is 0 Å². The first kappa shape index (κ1) is 15.6. The molecular formula is C14H22N2O3. The van der Waals surface area contributed by atoms with Gasteiger partial charge in [-0.15, -0.1) is 0 Å². The van der Waals surface area contributed by atoms with Gasteiger partial charge >= 0.3 is 0 Å². The summed E-state index contributed by atoms with van der Waals surface area (Å²) in [5.74, 6) is 0. The molecule has 0 heterocycles. The molecule has 0 aliphatic heterocycles. The van der Waals surface area contributed by atoms with Crippen molar-refractivity contribution in [2.75, 3.05) is 0 Å². The predicted molar refractivity (Wildman–Crippen MR) is 75.0 cm³/mol. The normalized spacial score (nSPS) is 12.5. The van der Waals surface area contributed by atoms with Crippen LogP contribution in [-0.2, 0) is 6.54 Å². The lowest BCUT2D eigenvalue weighted by Gasteiger charge is -2.38. The number of rotatable bonds is 5. The van der Waals surface area contributed by atoms with Crippen molar-refractivity contribution < 1.29 is 10.0 Å². The minimum Gasteiger partial charge on any atom is -0.389 e. The topological polar surface area (TPSA) is 75.4 Å². The van der Waals surface area contributed by atoms with Crippen LogP contribution in [0.1, 0.15) is 38.8 Å². The Bertz CT molecular complexity index is 476. The van der Waals surface area contributed by atoms with E-state index in [9.17, 15) is 15.2 Å². The summed E-state index contributed by atoms with van der Waals surface area (Å²) in [5.41, 5.74) is 0.268. The van der Waals surface area contributed by atoms with E-state index in [1.54, 1.807) is 26.8 Å². The number of hydrogen-bond donors (Lipinski definition) is 2. The molecule has 0 bridgehead atoms. The third-order valence-corrected chi connectivity index (χ3v) is 3.86. The maximum Gasteiger partial charge on any atom is 0.272 e. The van der Waals surface area contributed by atoms with Gasteiger partial charge in [0.2, 0.25) is 0 Å². The van der Waals surface area contributed by atoms with Gasteiger partial charge in [0.1, 0.15) is 0 Å². The Balaban J connectivity index is 2.91. The average molecular weight is 266 g/mol. The van der Waals surface area contributed by atoms with Crippen LogP contribution >= 0.6 is 0 Å². The number of nitrogens with one attached hydrogen (secondary N) is 1. The van der Waals surface area contributed by atoms with Gasteiger partial charge in [0, 0.05) is 23.7 Å². The van der Waals surface area contributed by atoms with Crippen molar-refractivity contribution in [1.29, 1.82) is 0 Å². The van der Waals surface area contributed by atoms with Crippen LogP contribution in [0.2, 0.25) is 0 Å². The van der Waals surface area contributed by atoms with Crippen molar-refractivity contribution in [3.63, 3.8) is 0 Å². The summed E-state index contributed by atoms with van der Waals surface area (Å²) in [6.45, 7) is 9.50. The molecule has 0 unspecified atom stereocenters. The van der Waals surface area contributed by atoms with Crippen molar-refractivity contribution in [3.8, 4) is 0 Å². The lowest BCUT2D eigenvalue weighted by atomic mass is 9.85. The molecule has 0 atom stereocenters. The molecule has 0 amide bonds. The van der Waals surface area contributed by atoms with E-state index in [-0.39, 0.29) is 10.6 Å². The molecule has 0 aliphatic carbocycles. The summed E-state index contributed by atoms with van der Waals surface area (Å²) in [6, 6.07) is 5.04. The fourth-order valence-corrected chi connectivity index (χ4v) is 1.59. The molecule has 0 aliphatic rings. The molecule has 0 spiro atoms. The van der Waals surface area contributed by atoms with Gasteiger partial charge in [-0.1, -0.05) is 12.1 Å². The zero-order valence-corrected chi connectivity index (χ0v) is 12.2. The molecule has 1 aromatic rings. The highest BCUT2D eigenvalue weighted by Gasteiger charge is 2.34. The number of nitrogens with zero attached hydrogens (tertiary/aromatic N) is 1. The second kappa shape index (κ2) is 5.27. The Labute approximate surface area is 113 Å². The highest BCUT2D eigenvalue weighted by atomic mass is 16.6. The van der Waals surface area contributed by atoms with Crippen molar-refractivity contribution in [2.24, 2.45) is 0 Å². The van der Waals surface area contributed by atoms with Crippen LogP contribution in [0.4, 0.5) is 5.69 Å². The third-order valence-electron chi connectivity index (χ3n) is 3.86. The number of aliphatic hydroxyl groups is 1. The van der Waals surface area contributed by atoms with E-state index in [0.29, 0.717) is 12.1 Å². The lowest BCUT2D eigenvalue weighted by molar-refractivity contribution is -0.385. The summed E-state index contributed by atoms with van der Waals surface area (Å²) >= 11 is 0. The average Bonchev–Trinajstić information content (AvgIpc) is 2.25. The van der Waals surface area contributed by atoms with Gasteiger partial charge in [-0.2, -0.15) is 0 Å². The lowest BCUT2D eigenvalue weighted by Crippen LogP contribution is -2.55. The van der Waals surface area contributed by atoms with Crippen molar-refractivity contribution >= 4 is 5.69 Å². The van der Waals surface area contributed by atoms with Gasteiger partial charge in [0.15, 0.2) is 0 Å². The molecule has 0 radical (unpaired) electrons. The fourth-order valence-electron chi connectivity index (χ4n) is 1.59. The molecule has 0 saturated heterocycles. The van der Waals surface area contributed by atoms with Crippen LogP contribution in [-0.4, -0.2) is 21.2 Å². The van der Waals surface area contributed by atoms with Crippen molar-refractivity contribution in [3.05, 3.63) is 39.4 Å². The van der Waals surface area contributed by atoms with Gasteiger partial charge in [-0.3, -0.25) is 10.1 Å². The minimum atomic E-state index is -0.887. The monoisotopic (exact) mass is 266 g/mol. The van der Waals surface area contributed by atoms with Crippen molar-refractivity contribution in [2.45, 2.75) is 52.3 Å².